The summed E-state index contributed by atoms with van der Waals surface area (Å²) in [6.45, 7) is 11.3. The Morgan fingerprint density at radius 1 is 1.20 bits per heavy atom. The first kappa shape index (κ1) is 17.4. The SMILES string of the molecule is CCCC[C@@H](CC)CSc1ccc(C(C)(C)C)cc1N. The van der Waals surface area contributed by atoms with Gasteiger partial charge in [-0.25, -0.2) is 0 Å². The molecule has 1 aromatic rings. The molecule has 0 saturated carbocycles. The van der Waals surface area contributed by atoms with Crippen LogP contribution in [0.1, 0.15) is 65.9 Å². The van der Waals surface area contributed by atoms with E-state index in [9.17, 15) is 0 Å². The van der Waals surface area contributed by atoms with Gasteiger partial charge in [0.15, 0.2) is 0 Å². The number of rotatable bonds is 7. The first-order chi connectivity index (χ1) is 9.38. The number of thioether (sulfide) groups is 1. The second-order valence-corrected chi connectivity index (χ2v) is 7.79. The minimum atomic E-state index is 0.171. The van der Waals surface area contributed by atoms with Crippen molar-refractivity contribution in [1.29, 1.82) is 0 Å². The molecule has 0 aromatic heterocycles. The Balaban J connectivity index is 2.64. The van der Waals surface area contributed by atoms with E-state index in [0.29, 0.717) is 0 Å². The van der Waals surface area contributed by atoms with Gasteiger partial charge in [0.2, 0.25) is 0 Å². The van der Waals surface area contributed by atoms with Crippen molar-refractivity contribution >= 4 is 17.4 Å². The molecule has 0 unspecified atom stereocenters. The summed E-state index contributed by atoms with van der Waals surface area (Å²) in [6.07, 6.45) is 5.26. The molecular weight excluding hydrogens is 262 g/mol. The fourth-order valence-electron chi connectivity index (χ4n) is 2.25. The zero-order valence-electron chi connectivity index (χ0n) is 13.8. The fraction of sp³-hybridized carbons (Fsp3) is 0.667. The maximum Gasteiger partial charge on any atom is 0.0455 e. The molecule has 1 aromatic carbocycles. The predicted molar refractivity (Wildman–Crippen MR) is 93.6 cm³/mol. The first-order valence-corrected chi connectivity index (χ1v) is 8.89. The van der Waals surface area contributed by atoms with Crippen LogP contribution in [0.2, 0.25) is 0 Å². The summed E-state index contributed by atoms with van der Waals surface area (Å²) >= 11 is 1.92. The molecule has 1 nitrogen and oxygen atoms in total. The number of unbranched alkanes of at least 4 members (excludes halogenated alkanes) is 1. The second-order valence-electron chi connectivity index (χ2n) is 6.73. The summed E-state index contributed by atoms with van der Waals surface area (Å²) in [5.74, 6) is 2.01. The van der Waals surface area contributed by atoms with Crippen molar-refractivity contribution in [3.8, 4) is 0 Å². The summed E-state index contributed by atoms with van der Waals surface area (Å²) in [7, 11) is 0. The number of hydrogen-bond donors (Lipinski definition) is 1. The van der Waals surface area contributed by atoms with Gasteiger partial charge in [0, 0.05) is 16.3 Å². The Labute approximate surface area is 129 Å². The molecule has 20 heavy (non-hydrogen) atoms. The molecule has 114 valence electrons. The quantitative estimate of drug-likeness (QED) is 0.502. The number of nitrogens with two attached hydrogens (primary N) is 1. The van der Waals surface area contributed by atoms with Gasteiger partial charge in [0.05, 0.1) is 0 Å². The molecule has 1 atom stereocenters. The van der Waals surface area contributed by atoms with Crippen molar-refractivity contribution in [2.24, 2.45) is 5.92 Å². The van der Waals surface area contributed by atoms with E-state index in [2.05, 4.69) is 52.8 Å². The van der Waals surface area contributed by atoms with Crippen LogP contribution in [0.4, 0.5) is 5.69 Å². The summed E-state index contributed by atoms with van der Waals surface area (Å²) in [5.41, 5.74) is 8.65. The van der Waals surface area contributed by atoms with E-state index in [-0.39, 0.29) is 5.41 Å². The average Bonchev–Trinajstić information content (AvgIpc) is 2.39. The number of anilines is 1. The summed E-state index contributed by atoms with van der Waals surface area (Å²) in [6, 6.07) is 6.58. The van der Waals surface area contributed by atoms with Gasteiger partial charge in [-0.2, -0.15) is 0 Å². The van der Waals surface area contributed by atoms with Crippen molar-refractivity contribution in [3.05, 3.63) is 23.8 Å². The van der Waals surface area contributed by atoms with Crippen molar-refractivity contribution < 1.29 is 0 Å². The second kappa shape index (κ2) is 7.97. The number of benzene rings is 1. The van der Waals surface area contributed by atoms with Crippen LogP contribution in [0, 0.1) is 5.92 Å². The van der Waals surface area contributed by atoms with Crippen LogP contribution in [0.25, 0.3) is 0 Å². The highest BCUT2D eigenvalue weighted by Gasteiger charge is 2.15. The number of hydrogen-bond acceptors (Lipinski definition) is 2. The standard InChI is InChI=1S/C18H31NS/c1-6-8-9-14(7-2)13-20-17-11-10-15(12-16(17)19)18(3,4)5/h10-12,14H,6-9,13,19H2,1-5H3/t14-/m1/s1. The van der Waals surface area contributed by atoms with Crippen LogP contribution in [0.3, 0.4) is 0 Å². The minimum absolute atomic E-state index is 0.171. The largest absolute Gasteiger partial charge is 0.398 e. The molecule has 1 rings (SSSR count). The molecule has 0 bridgehead atoms. The molecule has 0 amide bonds. The lowest BCUT2D eigenvalue weighted by molar-refractivity contribution is 0.499. The third-order valence-corrected chi connectivity index (χ3v) is 5.21. The lowest BCUT2D eigenvalue weighted by Gasteiger charge is -2.21. The molecular formula is C18H31NS. The smallest absolute Gasteiger partial charge is 0.0455 e. The van der Waals surface area contributed by atoms with Crippen LogP contribution in [0.15, 0.2) is 23.1 Å². The van der Waals surface area contributed by atoms with Crippen LogP contribution in [0.5, 0.6) is 0 Å². The zero-order valence-corrected chi connectivity index (χ0v) is 14.6. The van der Waals surface area contributed by atoms with Crippen LogP contribution >= 0.6 is 11.8 Å². The maximum absolute atomic E-state index is 6.23. The van der Waals surface area contributed by atoms with Gasteiger partial charge < -0.3 is 5.73 Å². The average molecular weight is 294 g/mol. The van der Waals surface area contributed by atoms with Gasteiger partial charge in [-0.1, -0.05) is 59.9 Å². The molecule has 0 fully saturated rings. The topological polar surface area (TPSA) is 26.0 Å². The highest BCUT2D eigenvalue weighted by atomic mass is 32.2. The Kier molecular flexibility index (Phi) is 6.94. The van der Waals surface area contributed by atoms with Crippen molar-refractivity contribution in [1.82, 2.24) is 0 Å². The van der Waals surface area contributed by atoms with Gasteiger partial charge in [-0.05, 0) is 35.4 Å². The monoisotopic (exact) mass is 293 g/mol. The van der Waals surface area contributed by atoms with Gasteiger partial charge in [-0.15, -0.1) is 11.8 Å². The van der Waals surface area contributed by atoms with E-state index in [1.165, 1.54) is 41.9 Å². The Hall–Kier alpha value is -0.630. The molecule has 0 aliphatic rings. The summed E-state index contributed by atoms with van der Waals surface area (Å²) < 4.78 is 0. The van der Waals surface area contributed by atoms with Crippen LogP contribution in [-0.4, -0.2) is 5.75 Å². The van der Waals surface area contributed by atoms with E-state index < -0.39 is 0 Å². The van der Waals surface area contributed by atoms with E-state index in [4.69, 9.17) is 5.73 Å². The Morgan fingerprint density at radius 3 is 2.40 bits per heavy atom. The number of nitrogen functional groups attached to an aromatic ring is 1. The van der Waals surface area contributed by atoms with Gasteiger partial charge >= 0.3 is 0 Å². The van der Waals surface area contributed by atoms with E-state index in [0.717, 1.165) is 11.6 Å². The molecule has 0 aliphatic heterocycles. The summed E-state index contributed by atoms with van der Waals surface area (Å²) in [4.78, 5) is 1.24. The highest BCUT2D eigenvalue weighted by molar-refractivity contribution is 7.99. The molecule has 2 heteroatoms. The molecule has 0 heterocycles. The van der Waals surface area contributed by atoms with E-state index >= 15 is 0 Å². The molecule has 0 radical (unpaired) electrons. The molecule has 0 spiro atoms. The molecule has 0 aliphatic carbocycles. The predicted octanol–water partition coefficient (Wildman–Crippen LogP) is 5.87. The van der Waals surface area contributed by atoms with Crippen LogP contribution < -0.4 is 5.73 Å². The first-order valence-electron chi connectivity index (χ1n) is 7.91. The lowest BCUT2D eigenvalue weighted by atomic mass is 9.87. The van der Waals surface area contributed by atoms with Gasteiger partial charge in [-0.3, -0.25) is 0 Å². The van der Waals surface area contributed by atoms with Gasteiger partial charge in [0.1, 0.15) is 0 Å². The molecule has 2 N–H and O–H groups in total. The highest BCUT2D eigenvalue weighted by Crippen LogP contribution is 2.32. The van der Waals surface area contributed by atoms with Gasteiger partial charge in [0.25, 0.3) is 0 Å². The Morgan fingerprint density at radius 2 is 1.90 bits per heavy atom. The molecule has 0 saturated heterocycles. The normalized spacial score (nSPS) is 13.4. The van der Waals surface area contributed by atoms with E-state index in [1.807, 2.05) is 11.8 Å². The van der Waals surface area contributed by atoms with Crippen LogP contribution in [-0.2, 0) is 5.41 Å². The summed E-state index contributed by atoms with van der Waals surface area (Å²) in [5, 5.41) is 0. The third-order valence-electron chi connectivity index (χ3n) is 3.89. The zero-order chi connectivity index (χ0) is 15.2. The van der Waals surface area contributed by atoms with E-state index in [1.54, 1.807) is 0 Å². The third kappa shape index (κ3) is 5.40. The minimum Gasteiger partial charge on any atom is -0.398 e. The fourth-order valence-corrected chi connectivity index (χ4v) is 3.46. The maximum atomic E-state index is 6.23. The van der Waals surface area contributed by atoms with Crippen molar-refractivity contribution in [2.45, 2.75) is 70.6 Å². The lowest BCUT2D eigenvalue weighted by Crippen LogP contribution is -2.11. The van der Waals surface area contributed by atoms with Crippen molar-refractivity contribution in [2.75, 3.05) is 11.5 Å². The Bertz CT molecular complexity index is 406. The van der Waals surface area contributed by atoms with Crippen molar-refractivity contribution in [3.63, 3.8) is 0 Å².